The zero-order valence-electron chi connectivity index (χ0n) is 10.5. The summed E-state index contributed by atoms with van der Waals surface area (Å²) < 4.78 is 0.951. The van der Waals surface area contributed by atoms with Gasteiger partial charge in [0.15, 0.2) is 0 Å². The summed E-state index contributed by atoms with van der Waals surface area (Å²) in [6, 6.07) is 7.53. The first-order valence-electron chi connectivity index (χ1n) is 5.55. The van der Waals surface area contributed by atoms with Gasteiger partial charge in [0.1, 0.15) is 5.92 Å². The number of carboxylic acids is 1. The number of nitrogens with one attached hydrogen (secondary N) is 1. The summed E-state index contributed by atoms with van der Waals surface area (Å²) in [5, 5.41) is 11.5. The zero-order valence-corrected chi connectivity index (χ0v) is 12.1. The molecule has 0 heterocycles. The highest BCUT2D eigenvalue weighted by molar-refractivity contribution is 9.10. The minimum absolute atomic E-state index is 0.490. The molecule has 18 heavy (non-hydrogen) atoms. The van der Waals surface area contributed by atoms with Crippen LogP contribution in [0, 0.1) is 5.92 Å². The summed E-state index contributed by atoms with van der Waals surface area (Å²) in [7, 11) is 0. The first kappa shape index (κ1) is 14.7. The molecule has 0 aliphatic heterocycles. The van der Waals surface area contributed by atoms with E-state index in [2.05, 4.69) is 21.2 Å². The number of hydrogen-bond donors (Lipinski definition) is 2. The normalized spacial score (nSPS) is 12.9. The predicted octanol–water partition coefficient (Wildman–Crippen LogP) is 2.52. The van der Waals surface area contributed by atoms with Crippen molar-refractivity contribution in [3.63, 3.8) is 0 Å². The van der Waals surface area contributed by atoms with Gasteiger partial charge in [0.2, 0.25) is 5.91 Å². The number of carbonyl (C=O) groups excluding carboxylic acids is 1. The molecule has 0 spiro atoms. The Morgan fingerprint density at radius 3 is 2.22 bits per heavy atom. The second kappa shape index (κ2) is 5.52. The van der Waals surface area contributed by atoms with Crippen molar-refractivity contribution in [2.75, 3.05) is 0 Å². The van der Waals surface area contributed by atoms with E-state index in [1.165, 1.54) is 6.92 Å². The van der Waals surface area contributed by atoms with E-state index in [1.807, 2.05) is 38.1 Å². The minimum atomic E-state index is -1.13. The number of carboxylic acid groups (broad SMARTS) is 1. The van der Waals surface area contributed by atoms with Gasteiger partial charge in [-0.25, -0.2) is 0 Å². The highest BCUT2D eigenvalue weighted by Crippen LogP contribution is 2.22. The van der Waals surface area contributed by atoms with Crippen LogP contribution in [0.15, 0.2) is 28.7 Å². The van der Waals surface area contributed by atoms with E-state index < -0.39 is 23.3 Å². The van der Waals surface area contributed by atoms with Crippen LogP contribution in [-0.4, -0.2) is 17.0 Å². The van der Waals surface area contributed by atoms with Gasteiger partial charge in [-0.05, 0) is 38.5 Å². The summed E-state index contributed by atoms with van der Waals surface area (Å²) in [5.74, 6) is -2.67. The summed E-state index contributed by atoms with van der Waals surface area (Å²) >= 11 is 3.34. The molecule has 2 N–H and O–H groups in total. The van der Waals surface area contributed by atoms with E-state index in [1.54, 1.807) is 0 Å². The summed E-state index contributed by atoms with van der Waals surface area (Å²) in [4.78, 5) is 22.5. The predicted molar refractivity (Wildman–Crippen MR) is 72.1 cm³/mol. The second-order valence-electron chi connectivity index (χ2n) is 4.68. The van der Waals surface area contributed by atoms with Crippen molar-refractivity contribution >= 4 is 27.8 Å². The van der Waals surface area contributed by atoms with Gasteiger partial charge in [-0.2, -0.15) is 0 Å². The lowest BCUT2D eigenvalue weighted by atomic mass is 9.93. The van der Waals surface area contributed by atoms with Crippen LogP contribution in [0.5, 0.6) is 0 Å². The van der Waals surface area contributed by atoms with Gasteiger partial charge in [-0.3, -0.25) is 9.59 Å². The number of rotatable bonds is 4. The molecule has 0 saturated heterocycles. The average molecular weight is 314 g/mol. The Labute approximate surface area is 115 Å². The van der Waals surface area contributed by atoms with Crippen molar-refractivity contribution in [3.05, 3.63) is 34.3 Å². The lowest BCUT2D eigenvalue weighted by molar-refractivity contribution is -0.146. The maximum atomic E-state index is 11.7. The molecule has 0 fully saturated rings. The largest absolute Gasteiger partial charge is 0.481 e. The molecule has 1 aromatic rings. The van der Waals surface area contributed by atoms with Crippen molar-refractivity contribution in [1.82, 2.24) is 5.32 Å². The molecule has 1 amide bonds. The van der Waals surface area contributed by atoms with Gasteiger partial charge in [0.05, 0.1) is 5.54 Å². The number of amides is 1. The van der Waals surface area contributed by atoms with Crippen LogP contribution in [0.4, 0.5) is 0 Å². The van der Waals surface area contributed by atoms with Crippen LogP contribution in [0.3, 0.4) is 0 Å². The molecular formula is C13H16BrNO3. The van der Waals surface area contributed by atoms with Crippen molar-refractivity contribution in [1.29, 1.82) is 0 Å². The third kappa shape index (κ3) is 3.57. The number of hydrogen-bond acceptors (Lipinski definition) is 2. The second-order valence-corrected chi connectivity index (χ2v) is 5.60. The lowest BCUT2D eigenvalue weighted by Gasteiger charge is -2.28. The maximum absolute atomic E-state index is 11.7. The van der Waals surface area contributed by atoms with Crippen LogP contribution < -0.4 is 5.32 Å². The fraction of sp³-hybridized carbons (Fsp3) is 0.385. The van der Waals surface area contributed by atoms with Crippen molar-refractivity contribution in [2.45, 2.75) is 26.3 Å². The molecule has 0 aromatic heterocycles. The van der Waals surface area contributed by atoms with Gasteiger partial charge in [0, 0.05) is 4.47 Å². The van der Waals surface area contributed by atoms with Crippen LogP contribution >= 0.6 is 15.9 Å². The lowest BCUT2D eigenvalue weighted by Crippen LogP contribution is -2.45. The number of benzene rings is 1. The van der Waals surface area contributed by atoms with Gasteiger partial charge >= 0.3 is 5.97 Å². The molecule has 0 aliphatic carbocycles. The average Bonchev–Trinajstić information content (AvgIpc) is 2.27. The molecule has 5 heteroatoms. The Morgan fingerprint density at radius 2 is 1.78 bits per heavy atom. The van der Waals surface area contributed by atoms with E-state index in [9.17, 15) is 9.59 Å². The fourth-order valence-corrected chi connectivity index (χ4v) is 1.73. The zero-order chi connectivity index (χ0) is 13.9. The van der Waals surface area contributed by atoms with Gasteiger partial charge in [-0.15, -0.1) is 0 Å². The third-order valence-electron chi connectivity index (χ3n) is 2.77. The Hall–Kier alpha value is -1.36. The molecule has 0 radical (unpaired) electrons. The van der Waals surface area contributed by atoms with Gasteiger partial charge < -0.3 is 10.4 Å². The van der Waals surface area contributed by atoms with Crippen molar-refractivity contribution in [3.8, 4) is 0 Å². The standard InChI is InChI=1S/C13H16BrNO3/c1-8(12(17)18)11(16)15-13(2,3)9-4-6-10(14)7-5-9/h4-8H,1-3H3,(H,15,16)(H,17,18). The molecular weight excluding hydrogens is 298 g/mol. The number of aliphatic carboxylic acids is 1. The summed E-state index contributed by atoms with van der Waals surface area (Å²) in [5.41, 5.74) is 0.304. The quantitative estimate of drug-likeness (QED) is 0.839. The van der Waals surface area contributed by atoms with Crippen LogP contribution in [0.25, 0.3) is 0 Å². The van der Waals surface area contributed by atoms with E-state index in [-0.39, 0.29) is 0 Å². The van der Waals surface area contributed by atoms with E-state index in [0.29, 0.717) is 0 Å². The highest BCUT2D eigenvalue weighted by Gasteiger charge is 2.28. The van der Waals surface area contributed by atoms with Crippen LogP contribution in [0.1, 0.15) is 26.3 Å². The molecule has 98 valence electrons. The van der Waals surface area contributed by atoms with E-state index >= 15 is 0 Å². The maximum Gasteiger partial charge on any atom is 0.315 e. The van der Waals surface area contributed by atoms with Crippen molar-refractivity contribution < 1.29 is 14.7 Å². The molecule has 0 bridgehead atoms. The molecule has 4 nitrogen and oxygen atoms in total. The van der Waals surface area contributed by atoms with E-state index in [0.717, 1.165) is 10.0 Å². The molecule has 1 unspecified atom stereocenters. The smallest absolute Gasteiger partial charge is 0.315 e. The fourth-order valence-electron chi connectivity index (χ4n) is 1.47. The van der Waals surface area contributed by atoms with Crippen molar-refractivity contribution in [2.24, 2.45) is 5.92 Å². The minimum Gasteiger partial charge on any atom is -0.481 e. The number of halogens is 1. The molecule has 1 rings (SSSR count). The number of carbonyl (C=O) groups is 2. The third-order valence-corrected chi connectivity index (χ3v) is 3.29. The molecule has 1 aromatic carbocycles. The molecule has 1 atom stereocenters. The Kier molecular flexibility index (Phi) is 4.51. The Morgan fingerprint density at radius 1 is 1.28 bits per heavy atom. The topological polar surface area (TPSA) is 66.4 Å². The van der Waals surface area contributed by atoms with Crippen LogP contribution in [0.2, 0.25) is 0 Å². The SMILES string of the molecule is CC(C(=O)O)C(=O)NC(C)(C)c1ccc(Br)cc1. The molecule has 0 aliphatic rings. The first-order valence-corrected chi connectivity index (χ1v) is 6.34. The van der Waals surface area contributed by atoms with E-state index in [4.69, 9.17) is 5.11 Å². The highest BCUT2D eigenvalue weighted by atomic mass is 79.9. The Bertz CT molecular complexity index is 454. The summed E-state index contributed by atoms with van der Waals surface area (Å²) in [6.45, 7) is 5.04. The first-order chi connectivity index (χ1) is 8.24. The van der Waals surface area contributed by atoms with Gasteiger partial charge in [-0.1, -0.05) is 28.1 Å². The van der Waals surface area contributed by atoms with Gasteiger partial charge in [0.25, 0.3) is 0 Å². The monoisotopic (exact) mass is 313 g/mol. The molecule has 0 saturated carbocycles. The summed E-state index contributed by atoms with van der Waals surface area (Å²) in [6.07, 6.45) is 0. The van der Waals surface area contributed by atoms with Crippen LogP contribution in [-0.2, 0) is 15.1 Å². The Balaban J connectivity index is 2.84.